The Morgan fingerprint density at radius 2 is 2.00 bits per heavy atom. The van der Waals surface area contributed by atoms with Gasteiger partial charge in [-0.15, -0.1) is 24.0 Å². The summed E-state index contributed by atoms with van der Waals surface area (Å²) in [5, 5.41) is 8.18. The van der Waals surface area contributed by atoms with E-state index in [4.69, 9.17) is 9.15 Å². The third-order valence-electron chi connectivity index (χ3n) is 5.49. The highest BCUT2D eigenvalue weighted by atomic mass is 127. The quantitative estimate of drug-likeness (QED) is 0.328. The number of ether oxygens (including phenoxy) is 1. The molecule has 3 rings (SSSR count). The molecule has 1 saturated heterocycles. The normalized spacial score (nSPS) is 16.3. The standard InChI is InChI=1S/C22H36N6O2.HI/c1-16(2)21-18(15-27(6)25-21)14-26(5)22(23-4)24-13-19(20-8-7-17(3)30-20)28-9-11-29-12-10-28;/h7-8,15-16,19H,9-14H2,1-6H3,(H,23,24);1H. The average molecular weight is 544 g/mol. The molecule has 1 fully saturated rings. The first-order valence-electron chi connectivity index (χ1n) is 10.7. The Labute approximate surface area is 203 Å². The van der Waals surface area contributed by atoms with E-state index in [-0.39, 0.29) is 30.0 Å². The number of rotatable bonds is 7. The number of morpholine rings is 1. The monoisotopic (exact) mass is 544 g/mol. The fraction of sp³-hybridized carbons (Fsp3) is 0.636. The molecule has 8 nitrogen and oxygen atoms in total. The van der Waals surface area contributed by atoms with Crippen molar-refractivity contribution in [3.05, 3.63) is 41.1 Å². The molecule has 1 aliphatic rings. The highest BCUT2D eigenvalue weighted by Crippen LogP contribution is 2.24. The van der Waals surface area contributed by atoms with Gasteiger partial charge in [0.1, 0.15) is 11.5 Å². The molecule has 0 spiro atoms. The number of aliphatic imine (C=N–C) groups is 1. The molecule has 0 bridgehead atoms. The van der Waals surface area contributed by atoms with Gasteiger partial charge in [-0.2, -0.15) is 5.10 Å². The molecule has 2 aromatic heterocycles. The number of furan rings is 1. The summed E-state index contributed by atoms with van der Waals surface area (Å²) >= 11 is 0. The van der Waals surface area contributed by atoms with Crippen molar-refractivity contribution in [2.75, 3.05) is 46.9 Å². The van der Waals surface area contributed by atoms with Crippen LogP contribution in [0.3, 0.4) is 0 Å². The van der Waals surface area contributed by atoms with E-state index in [0.29, 0.717) is 12.5 Å². The number of aromatic nitrogens is 2. The Morgan fingerprint density at radius 1 is 1.29 bits per heavy atom. The fourth-order valence-electron chi connectivity index (χ4n) is 4.00. The number of nitrogens with one attached hydrogen (secondary N) is 1. The Balaban J connectivity index is 0.00000341. The Morgan fingerprint density at radius 3 is 2.58 bits per heavy atom. The van der Waals surface area contributed by atoms with Gasteiger partial charge >= 0.3 is 0 Å². The zero-order valence-electron chi connectivity index (χ0n) is 19.6. The molecular formula is C22H37IN6O2. The largest absolute Gasteiger partial charge is 0.465 e. The smallest absolute Gasteiger partial charge is 0.193 e. The van der Waals surface area contributed by atoms with E-state index in [0.717, 1.165) is 56.0 Å². The van der Waals surface area contributed by atoms with Crippen molar-refractivity contribution >= 4 is 29.9 Å². The van der Waals surface area contributed by atoms with Gasteiger partial charge in [0.15, 0.2) is 5.96 Å². The number of hydrogen-bond donors (Lipinski definition) is 1. The van der Waals surface area contributed by atoms with Crippen LogP contribution in [-0.2, 0) is 18.3 Å². The van der Waals surface area contributed by atoms with Crippen molar-refractivity contribution in [2.24, 2.45) is 12.0 Å². The van der Waals surface area contributed by atoms with Crippen LogP contribution in [0.5, 0.6) is 0 Å². The molecule has 1 aliphatic heterocycles. The van der Waals surface area contributed by atoms with Gasteiger partial charge in [-0.25, -0.2) is 0 Å². The minimum Gasteiger partial charge on any atom is -0.465 e. The molecule has 2 aromatic rings. The zero-order valence-corrected chi connectivity index (χ0v) is 21.9. The lowest BCUT2D eigenvalue weighted by molar-refractivity contribution is 0.0123. The molecule has 1 unspecified atom stereocenters. The topological polar surface area (TPSA) is 71.1 Å². The second-order valence-electron chi connectivity index (χ2n) is 8.26. The summed E-state index contributed by atoms with van der Waals surface area (Å²) in [5.41, 5.74) is 2.36. The third kappa shape index (κ3) is 6.69. The summed E-state index contributed by atoms with van der Waals surface area (Å²) in [7, 11) is 5.86. The van der Waals surface area contributed by atoms with Crippen LogP contribution in [0.25, 0.3) is 0 Å². The maximum atomic E-state index is 5.98. The first-order valence-corrected chi connectivity index (χ1v) is 10.7. The van der Waals surface area contributed by atoms with Gasteiger partial charge in [0.05, 0.1) is 24.9 Å². The van der Waals surface area contributed by atoms with Gasteiger partial charge in [0, 0.05) is 59.1 Å². The highest BCUT2D eigenvalue weighted by Gasteiger charge is 2.26. The predicted molar refractivity (Wildman–Crippen MR) is 134 cm³/mol. The van der Waals surface area contributed by atoms with Gasteiger partial charge in [0.2, 0.25) is 0 Å². The first kappa shape index (κ1) is 25.7. The molecule has 1 atom stereocenters. The molecule has 31 heavy (non-hydrogen) atoms. The second-order valence-corrected chi connectivity index (χ2v) is 8.26. The average Bonchev–Trinajstić information content (AvgIpc) is 3.31. The van der Waals surface area contributed by atoms with Crippen molar-refractivity contribution in [3.63, 3.8) is 0 Å². The van der Waals surface area contributed by atoms with Crippen LogP contribution >= 0.6 is 24.0 Å². The molecule has 0 aromatic carbocycles. The van der Waals surface area contributed by atoms with Crippen LogP contribution in [0.4, 0.5) is 0 Å². The van der Waals surface area contributed by atoms with E-state index in [1.54, 1.807) is 0 Å². The lowest BCUT2D eigenvalue weighted by Gasteiger charge is -2.34. The summed E-state index contributed by atoms with van der Waals surface area (Å²) < 4.78 is 13.4. The van der Waals surface area contributed by atoms with Crippen molar-refractivity contribution in [1.82, 2.24) is 24.9 Å². The van der Waals surface area contributed by atoms with Crippen molar-refractivity contribution in [3.8, 4) is 0 Å². The van der Waals surface area contributed by atoms with Gasteiger partial charge in [-0.05, 0) is 25.0 Å². The van der Waals surface area contributed by atoms with Crippen LogP contribution in [0, 0.1) is 6.92 Å². The van der Waals surface area contributed by atoms with E-state index < -0.39 is 0 Å². The number of aryl methyl sites for hydroxylation is 2. The molecule has 9 heteroatoms. The van der Waals surface area contributed by atoms with Gasteiger partial charge in [-0.3, -0.25) is 14.6 Å². The van der Waals surface area contributed by atoms with Crippen molar-refractivity contribution in [1.29, 1.82) is 0 Å². The summed E-state index contributed by atoms with van der Waals surface area (Å²) in [6.07, 6.45) is 2.10. The first-order chi connectivity index (χ1) is 14.4. The molecule has 0 saturated carbocycles. The van der Waals surface area contributed by atoms with Crippen molar-refractivity contribution in [2.45, 2.75) is 39.3 Å². The van der Waals surface area contributed by atoms with E-state index in [2.05, 4.69) is 58.4 Å². The fourth-order valence-corrected chi connectivity index (χ4v) is 4.00. The minimum absolute atomic E-state index is 0. The SMILES string of the molecule is CN=C(NCC(c1ccc(C)o1)N1CCOCC1)N(C)Cc1cn(C)nc1C(C)C.I. The molecule has 0 radical (unpaired) electrons. The van der Waals surface area contributed by atoms with E-state index >= 15 is 0 Å². The molecule has 3 heterocycles. The Hall–Kier alpha value is -1.59. The minimum atomic E-state index is 0. The van der Waals surface area contributed by atoms with E-state index in [1.807, 2.05) is 31.8 Å². The van der Waals surface area contributed by atoms with Gasteiger partial charge < -0.3 is 19.4 Å². The highest BCUT2D eigenvalue weighted by molar-refractivity contribution is 14.0. The van der Waals surface area contributed by atoms with Crippen LogP contribution in [0.2, 0.25) is 0 Å². The van der Waals surface area contributed by atoms with E-state index in [1.165, 1.54) is 5.56 Å². The van der Waals surface area contributed by atoms with Gasteiger partial charge in [0.25, 0.3) is 0 Å². The van der Waals surface area contributed by atoms with Crippen molar-refractivity contribution < 1.29 is 9.15 Å². The molecular weight excluding hydrogens is 507 g/mol. The number of guanidine groups is 1. The Bertz CT molecular complexity index is 841. The molecule has 174 valence electrons. The second kappa shape index (κ2) is 11.9. The third-order valence-corrected chi connectivity index (χ3v) is 5.49. The maximum Gasteiger partial charge on any atom is 0.193 e. The Kier molecular flexibility index (Phi) is 9.83. The maximum absolute atomic E-state index is 5.98. The van der Waals surface area contributed by atoms with Crippen LogP contribution in [-0.4, -0.2) is 72.5 Å². The number of hydrogen-bond acceptors (Lipinski definition) is 5. The number of halogens is 1. The predicted octanol–water partition coefficient (Wildman–Crippen LogP) is 3.14. The summed E-state index contributed by atoms with van der Waals surface area (Å²) in [6.45, 7) is 11.1. The molecule has 0 amide bonds. The van der Waals surface area contributed by atoms with Crippen LogP contribution < -0.4 is 5.32 Å². The van der Waals surface area contributed by atoms with Crippen LogP contribution in [0.15, 0.2) is 27.7 Å². The summed E-state index contributed by atoms with van der Waals surface area (Å²) in [6, 6.07) is 4.24. The lowest BCUT2D eigenvalue weighted by Crippen LogP contribution is -2.46. The summed E-state index contributed by atoms with van der Waals surface area (Å²) in [5.74, 6) is 3.16. The van der Waals surface area contributed by atoms with E-state index in [9.17, 15) is 0 Å². The zero-order chi connectivity index (χ0) is 21.7. The number of nitrogens with zero attached hydrogens (tertiary/aromatic N) is 5. The molecule has 1 N–H and O–H groups in total. The summed E-state index contributed by atoms with van der Waals surface area (Å²) in [4.78, 5) is 9.07. The van der Waals surface area contributed by atoms with Gasteiger partial charge in [-0.1, -0.05) is 13.8 Å². The lowest BCUT2D eigenvalue weighted by atomic mass is 10.1. The van der Waals surface area contributed by atoms with Crippen LogP contribution in [0.1, 0.15) is 48.6 Å². The molecule has 0 aliphatic carbocycles.